The summed E-state index contributed by atoms with van der Waals surface area (Å²) >= 11 is 0. The summed E-state index contributed by atoms with van der Waals surface area (Å²) in [4.78, 5) is 14.3. The summed E-state index contributed by atoms with van der Waals surface area (Å²) in [5, 5.41) is 0. The van der Waals surface area contributed by atoms with Gasteiger partial charge in [0.15, 0.2) is 0 Å². The minimum absolute atomic E-state index is 0.0483. The average Bonchev–Trinajstić information content (AvgIpc) is 2.68. The summed E-state index contributed by atoms with van der Waals surface area (Å²) in [5.41, 5.74) is 1.13. The van der Waals surface area contributed by atoms with E-state index in [2.05, 4.69) is 0 Å². The maximum Gasteiger partial charge on any atom is 0.326 e. The normalized spacial score (nSPS) is 26.3. The van der Waals surface area contributed by atoms with E-state index in [-0.39, 0.29) is 24.7 Å². The zero-order valence-electron chi connectivity index (χ0n) is 13.5. The number of rotatable bonds is 2. The Morgan fingerprint density at radius 2 is 1.74 bits per heavy atom. The predicted octanol–water partition coefficient (Wildman–Crippen LogP) is 0.823. The van der Waals surface area contributed by atoms with Crippen molar-refractivity contribution in [2.24, 2.45) is 0 Å². The third-order valence-electron chi connectivity index (χ3n) is 4.17. The van der Waals surface area contributed by atoms with Crippen molar-refractivity contribution >= 4 is 27.5 Å². The minimum Gasteiger partial charge on any atom is -0.372 e. The molecule has 1 aromatic rings. The molecule has 126 valence electrons. The van der Waals surface area contributed by atoms with Crippen molar-refractivity contribution in [3.05, 3.63) is 24.3 Å². The van der Waals surface area contributed by atoms with Gasteiger partial charge in [-0.3, -0.25) is 9.10 Å². The highest BCUT2D eigenvalue weighted by Crippen LogP contribution is 2.39. The van der Waals surface area contributed by atoms with Gasteiger partial charge in [0.2, 0.25) is 5.91 Å². The largest absolute Gasteiger partial charge is 0.372 e. The molecule has 23 heavy (non-hydrogen) atoms. The fourth-order valence-corrected chi connectivity index (χ4v) is 4.48. The molecule has 2 aliphatic rings. The maximum absolute atomic E-state index is 12.6. The quantitative estimate of drug-likeness (QED) is 0.800. The number of morpholine rings is 1. The van der Waals surface area contributed by atoms with Crippen LogP contribution in [0.5, 0.6) is 0 Å². The topological polar surface area (TPSA) is 70.2 Å². The Hall–Kier alpha value is -1.80. The monoisotopic (exact) mass is 339 g/mol. The van der Waals surface area contributed by atoms with Crippen LogP contribution in [0.4, 0.5) is 11.4 Å². The van der Waals surface area contributed by atoms with Gasteiger partial charge in [0, 0.05) is 20.1 Å². The van der Waals surface area contributed by atoms with E-state index in [0.717, 1.165) is 0 Å². The summed E-state index contributed by atoms with van der Waals surface area (Å²) in [6, 6.07) is 7.00. The molecule has 2 heterocycles. The van der Waals surface area contributed by atoms with Crippen molar-refractivity contribution in [2.75, 3.05) is 35.3 Å². The fraction of sp³-hybridized carbons (Fsp3) is 0.533. The van der Waals surface area contributed by atoms with Crippen molar-refractivity contribution in [2.45, 2.75) is 26.1 Å². The molecule has 0 aromatic heterocycles. The summed E-state index contributed by atoms with van der Waals surface area (Å²) in [6.45, 7) is 4.59. The third-order valence-corrected chi connectivity index (χ3v) is 5.94. The van der Waals surface area contributed by atoms with Crippen molar-refractivity contribution in [3.63, 3.8) is 0 Å². The second-order valence-corrected chi connectivity index (χ2v) is 7.91. The molecule has 0 radical (unpaired) electrons. The van der Waals surface area contributed by atoms with Crippen LogP contribution in [0.1, 0.15) is 13.8 Å². The molecule has 0 aliphatic carbocycles. The standard InChI is InChI=1S/C15H21N3O4S/c1-11-8-17(9-12(2)22-11)15(19)10-18-14-7-5-4-6-13(14)16(3)23(18,20)21/h4-7,11-12H,8-10H2,1-3H3/t11-,12-/m1/s1. The molecule has 7 nitrogen and oxygen atoms in total. The molecule has 0 unspecified atom stereocenters. The Bertz CT molecular complexity index is 711. The van der Waals surface area contributed by atoms with Gasteiger partial charge in [0.1, 0.15) is 6.54 Å². The van der Waals surface area contributed by atoms with Gasteiger partial charge in [-0.15, -0.1) is 0 Å². The average molecular weight is 339 g/mol. The number of carbonyl (C=O) groups is 1. The molecule has 0 saturated carbocycles. The van der Waals surface area contributed by atoms with Crippen LogP contribution in [0.15, 0.2) is 24.3 Å². The lowest BCUT2D eigenvalue weighted by atomic mass is 10.2. The van der Waals surface area contributed by atoms with Gasteiger partial charge in [-0.1, -0.05) is 12.1 Å². The zero-order chi connectivity index (χ0) is 16.8. The van der Waals surface area contributed by atoms with Gasteiger partial charge in [0.25, 0.3) is 0 Å². The van der Waals surface area contributed by atoms with E-state index >= 15 is 0 Å². The first-order valence-electron chi connectivity index (χ1n) is 7.59. The third kappa shape index (κ3) is 2.76. The Labute approximate surface area is 136 Å². The molecule has 1 aromatic carbocycles. The van der Waals surface area contributed by atoms with Gasteiger partial charge in [-0.2, -0.15) is 8.42 Å². The molecule has 0 bridgehead atoms. The van der Waals surface area contributed by atoms with E-state index in [9.17, 15) is 13.2 Å². The summed E-state index contributed by atoms with van der Waals surface area (Å²) in [6.07, 6.45) is -0.0966. The SMILES string of the molecule is C[C@@H]1CN(C(=O)CN2c3ccccc3N(C)S2(=O)=O)C[C@@H](C)O1. The summed E-state index contributed by atoms with van der Waals surface area (Å²) < 4.78 is 33.1. The number of ether oxygens (including phenoxy) is 1. The lowest BCUT2D eigenvalue weighted by Crippen LogP contribution is -2.52. The van der Waals surface area contributed by atoms with E-state index in [4.69, 9.17) is 4.74 Å². The van der Waals surface area contributed by atoms with Crippen LogP contribution in [0.3, 0.4) is 0 Å². The first-order chi connectivity index (χ1) is 10.8. The van der Waals surface area contributed by atoms with Crippen LogP contribution in [0, 0.1) is 0 Å². The molecule has 1 saturated heterocycles. The second-order valence-electron chi connectivity index (χ2n) is 6.03. The van der Waals surface area contributed by atoms with Crippen LogP contribution in [0.25, 0.3) is 0 Å². The van der Waals surface area contributed by atoms with Crippen LogP contribution >= 0.6 is 0 Å². The Kier molecular flexibility index (Phi) is 3.97. The molecular formula is C15H21N3O4S. The molecule has 8 heteroatoms. The number of hydrogen-bond donors (Lipinski definition) is 0. The van der Waals surface area contributed by atoms with E-state index < -0.39 is 10.2 Å². The molecule has 0 spiro atoms. The number of hydrogen-bond acceptors (Lipinski definition) is 4. The first-order valence-corrected chi connectivity index (χ1v) is 8.99. The van der Waals surface area contributed by atoms with E-state index in [1.807, 2.05) is 13.8 Å². The number of nitrogens with zero attached hydrogens (tertiary/aromatic N) is 3. The second kappa shape index (κ2) is 5.68. The van der Waals surface area contributed by atoms with E-state index in [0.29, 0.717) is 24.5 Å². The molecule has 3 rings (SSSR count). The summed E-state index contributed by atoms with van der Waals surface area (Å²) in [5.74, 6) is -0.208. The molecular weight excluding hydrogens is 318 g/mol. The van der Waals surface area contributed by atoms with Crippen molar-refractivity contribution < 1.29 is 17.9 Å². The highest BCUT2D eigenvalue weighted by molar-refractivity contribution is 7.94. The predicted molar refractivity (Wildman–Crippen MR) is 87.7 cm³/mol. The molecule has 1 amide bonds. The molecule has 2 aliphatic heterocycles. The number of amides is 1. The molecule has 1 fully saturated rings. The van der Waals surface area contributed by atoms with Gasteiger partial charge in [0.05, 0.1) is 23.6 Å². The number of para-hydroxylation sites is 2. The summed E-state index contributed by atoms with van der Waals surface area (Å²) in [7, 11) is -2.20. The van der Waals surface area contributed by atoms with Gasteiger partial charge >= 0.3 is 10.2 Å². The fourth-order valence-electron chi connectivity index (χ4n) is 3.11. The van der Waals surface area contributed by atoms with Crippen molar-refractivity contribution in [1.29, 1.82) is 0 Å². The van der Waals surface area contributed by atoms with Crippen molar-refractivity contribution in [1.82, 2.24) is 4.90 Å². The lowest BCUT2D eigenvalue weighted by Gasteiger charge is -2.36. The Balaban J connectivity index is 1.83. The maximum atomic E-state index is 12.6. The zero-order valence-corrected chi connectivity index (χ0v) is 14.3. The Morgan fingerprint density at radius 3 is 2.35 bits per heavy atom. The van der Waals surface area contributed by atoms with Gasteiger partial charge < -0.3 is 9.64 Å². The smallest absolute Gasteiger partial charge is 0.326 e. The van der Waals surface area contributed by atoms with Gasteiger partial charge in [-0.25, -0.2) is 4.31 Å². The van der Waals surface area contributed by atoms with Crippen LogP contribution in [-0.4, -0.2) is 58.1 Å². The Morgan fingerprint density at radius 1 is 1.17 bits per heavy atom. The van der Waals surface area contributed by atoms with E-state index in [1.165, 1.54) is 15.7 Å². The number of benzene rings is 1. The lowest BCUT2D eigenvalue weighted by molar-refractivity contribution is -0.141. The highest BCUT2D eigenvalue weighted by Gasteiger charge is 2.40. The number of carbonyl (C=O) groups excluding carboxylic acids is 1. The number of anilines is 2. The van der Waals surface area contributed by atoms with E-state index in [1.54, 1.807) is 29.2 Å². The van der Waals surface area contributed by atoms with Crippen molar-refractivity contribution in [3.8, 4) is 0 Å². The molecule has 0 N–H and O–H groups in total. The van der Waals surface area contributed by atoms with Crippen LogP contribution < -0.4 is 8.61 Å². The van der Waals surface area contributed by atoms with Gasteiger partial charge in [-0.05, 0) is 26.0 Å². The van der Waals surface area contributed by atoms with Crippen LogP contribution in [0.2, 0.25) is 0 Å². The van der Waals surface area contributed by atoms with Crippen LogP contribution in [-0.2, 0) is 19.7 Å². The first kappa shape index (κ1) is 16.1. The number of fused-ring (bicyclic) bond motifs is 1. The minimum atomic E-state index is -3.70. The highest BCUT2D eigenvalue weighted by atomic mass is 32.2. The molecule has 2 atom stereocenters.